The molecule has 134 heavy (non-hydrogen) atoms. The minimum absolute atomic E-state index is 0.0141. The summed E-state index contributed by atoms with van der Waals surface area (Å²) in [5, 5.41) is 122. The first kappa shape index (κ1) is 119. The van der Waals surface area contributed by atoms with E-state index in [1.54, 1.807) is 98.6 Å². The van der Waals surface area contributed by atoms with Gasteiger partial charge in [-0.1, -0.05) is 151 Å². The lowest BCUT2D eigenvalue weighted by molar-refractivity contribution is -0.299. The summed E-state index contributed by atoms with van der Waals surface area (Å²) in [6.45, 7) is 23.0. The Labute approximate surface area is 824 Å². The fourth-order valence-corrected chi connectivity index (χ4v) is 26.4. The number of carbonyl (C=O) groups is 6. The molecule has 3 fully saturated rings. The van der Waals surface area contributed by atoms with Crippen molar-refractivity contribution in [3.63, 3.8) is 0 Å². The second kappa shape index (κ2) is 59.4. The van der Waals surface area contributed by atoms with E-state index in [1.807, 2.05) is 66.7 Å². The molecule has 0 radical (unpaired) electrons. The molecule has 6 rings (SSSR count). The van der Waals surface area contributed by atoms with Gasteiger partial charge in [-0.25, -0.2) is 9.59 Å². The number of esters is 1. The molecule has 0 saturated carbocycles. The summed E-state index contributed by atoms with van der Waals surface area (Å²) in [6.07, 6.45) is 14.1. The molecule has 29 nitrogen and oxygen atoms in total. The van der Waals surface area contributed by atoms with Crippen LogP contribution in [0, 0.1) is 22.7 Å². The van der Waals surface area contributed by atoms with Crippen LogP contribution in [-0.4, -0.2) is 309 Å². The number of benzene rings is 1. The lowest BCUT2D eigenvalue weighted by atomic mass is 9.81. The molecule has 4 aliphatic heterocycles. The molecule has 3 amide bonds. The average molecular weight is 2010 g/mol. The first-order valence-corrected chi connectivity index (χ1v) is 54.4. The van der Waals surface area contributed by atoms with Crippen LogP contribution in [0.4, 0.5) is 10.5 Å². The van der Waals surface area contributed by atoms with Gasteiger partial charge in [-0.05, 0) is 187 Å². The Kier molecular flexibility index (Phi) is 52.7. The van der Waals surface area contributed by atoms with E-state index in [2.05, 4.69) is 18.3 Å². The highest BCUT2D eigenvalue weighted by Gasteiger charge is 2.49. The van der Waals surface area contributed by atoms with E-state index < -0.39 is 174 Å². The molecule has 0 aromatic heterocycles. The van der Waals surface area contributed by atoms with Gasteiger partial charge >= 0.3 is 24.0 Å². The minimum atomic E-state index is -2.52. The predicted octanol–water partition coefficient (Wildman–Crippen LogP) is 15.0. The van der Waals surface area contributed by atoms with E-state index in [9.17, 15) is 75.3 Å². The molecule has 16 unspecified atom stereocenters. The molecule has 5 aliphatic rings. The summed E-state index contributed by atoms with van der Waals surface area (Å²) >= 11 is 15.4. The van der Waals surface area contributed by atoms with Crippen molar-refractivity contribution in [3.8, 4) is 5.75 Å². The minimum Gasteiger partial charge on any atom is -0.495 e. The number of ether oxygens (including phenoxy) is 9. The Morgan fingerprint density at radius 3 is 1.69 bits per heavy atom. The van der Waals surface area contributed by atoms with Gasteiger partial charge in [0.05, 0.1) is 67.7 Å². The molecule has 4 bridgehead atoms. The molecule has 1 aromatic rings. The zero-order valence-corrected chi connectivity index (χ0v) is 87.5. The highest BCUT2D eigenvalue weighted by atomic mass is 35.5. The number of thioether (sulfide) groups is 5. The number of hydrogen-bond donors (Lipinski definition) is 12. The molecule has 770 valence electrons. The zero-order chi connectivity index (χ0) is 99.3. The number of halogens is 1. The number of carboxylic acids is 2. The average Bonchev–Trinajstić information content (AvgIpc) is 0.805. The van der Waals surface area contributed by atoms with Gasteiger partial charge in [0.1, 0.15) is 71.7 Å². The molecule has 1 aliphatic carbocycles. The lowest BCUT2D eigenvalue weighted by Crippen LogP contribution is -2.59. The smallest absolute Gasteiger partial charge is 0.407 e. The number of amides is 3. The number of aliphatic carboxylic acids is 2. The fourth-order valence-electron chi connectivity index (χ4n) is 17.1. The van der Waals surface area contributed by atoms with Crippen LogP contribution in [0.5, 0.6) is 5.75 Å². The third kappa shape index (κ3) is 39.5. The maximum absolute atomic E-state index is 15.4. The molecule has 35 heteroatoms. The number of alkyl carbamates (subject to hydrolysis) is 1. The Bertz CT molecular complexity index is 3790. The maximum Gasteiger partial charge on any atom is 0.407 e. The molecule has 12 N–H and O–H groups in total. The standard InChI is InChI=1S/C99H166ClN3O26S5/c1-17-18-19-20-21-22-23-24-25-26-27-28-29-30-35-67-36-33-38-75(131-53-48-122-90-84(112)82(110)80(108)73(61-104)126-90)86(133-52-45-98(12,13)125-47-43-96(8,9)93(117)118)88(87(134-54-49-123-91-85(113)83(111)81(109)74(62-105)127-91)76(40-39-67)130-51-44-97(10,11)124-46-42-95(6,7)92(115)116)132-50-41-77(106)102(14)66(5)89(114)129-99(120)59-64(3)65(4)71-58-69(101-94(119)128-71)37-32-31-34-63(2)55-68-56-70(103(15)78(107)60-99)79(100)72(57-68)121-16/h31-32,34,36,56-57,64-66,69,71,73-76,80-88,90-91,104-105,108-113,120H,17-30,33,35,37-55,58-62H2,1-16H3,(H,101,119)(H,115,116)(H,117,118)/b32-31+,63-34-,67-36+/t64-,65-,66+,69?,71-,73?,74?,75?,76?,80?,81?,82?,83?,84?,85?,86?,87?,88?,90?,91?,99+/m0/s1. The Hall–Kier alpha value is -3.70. The molecular formula is C99H166ClN3O26S5. The van der Waals surface area contributed by atoms with E-state index in [1.165, 1.54) is 108 Å². The van der Waals surface area contributed by atoms with Crippen LogP contribution in [0.2, 0.25) is 5.02 Å². The van der Waals surface area contributed by atoms with Crippen molar-refractivity contribution in [1.82, 2.24) is 10.2 Å². The van der Waals surface area contributed by atoms with E-state index in [0.717, 1.165) is 49.7 Å². The van der Waals surface area contributed by atoms with E-state index in [0.29, 0.717) is 74.4 Å². The largest absolute Gasteiger partial charge is 0.495 e. The van der Waals surface area contributed by atoms with Gasteiger partial charge < -0.3 is 114 Å². The fraction of sp³-hybridized carbons (Fsp3) is 0.818. The number of carbonyl (C=O) groups excluding carboxylic acids is 4. The van der Waals surface area contributed by atoms with Crippen molar-refractivity contribution in [3.05, 3.63) is 58.2 Å². The number of anilines is 1. The second-order valence-electron chi connectivity index (χ2n) is 39.9. The van der Waals surface area contributed by atoms with Crippen LogP contribution in [0.15, 0.2) is 47.6 Å². The van der Waals surface area contributed by atoms with Gasteiger partial charge in [0.2, 0.25) is 17.6 Å². The van der Waals surface area contributed by atoms with Crippen LogP contribution < -0.4 is 15.0 Å². The number of methoxy groups -OCH3 is 1. The van der Waals surface area contributed by atoms with Crippen LogP contribution >= 0.6 is 70.4 Å². The van der Waals surface area contributed by atoms with Crippen molar-refractivity contribution in [2.75, 3.05) is 94.5 Å². The van der Waals surface area contributed by atoms with E-state index in [4.69, 9.17) is 54.2 Å². The van der Waals surface area contributed by atoms with Gasteiger partial charge in [-0.3, -0.25) is 19.2 Å². The number of aliphatic hydroxyl groups excluding tert-OH is 8. The summed E-state index contributed by atoms with van der Waals surface area (Å²) in [5.74, 6) is -5.42. The highest BCUT2D eigenvalue weighted by Crippen LogP contribution is 2.48. The number of rotatable bonds is 53. The quantitative estimate of drug-likeness (QED) is 0.0125. The molecule has 21 atom stereocenters. The number of carboxylic acid groups (broad SMARTS) is 2. The number of allylic oxidation sites excluding steroid dienone is 5. The lowest BCUT2D eigenvalue weighted by Gasteiger charge is -2.41. The topological polar surface area (TPSA) is 427 Å². The van der Waals surface area contributed by atoms with E-state index >= 15 is 9.59 Å². The second-order valence-corrected chi connectivity index (χ2v) is 46.8. The monoisotopic (exact) mass is 2010 g/mol. The Balaban J connectivity index is 1.46. The van der Waals surface area contributed by atoms with Gasteiger partial charge in [0.25, 0.3) is 0 Å². The van der Waals surface area contributed by atoms with Crippen molar-refractivity contribution in [2.45, 2.75) is 399 Å². The number of nitrogens with one attached hydrogen (secondary N) is 1. The maximum atomic E-state index is 15.4. The number of likely N-dealkylation sites (N-methyl/N-ethyl adjacent to an activating group) is 1. The number of nitrogens with zero attached hydrogens (tertiary/aromatic N) is 2. The highest BCUT2D eigenvalue weighted by molar-refractivity contribution is 8.07. The van der Waals surface area contributed by atoms with Crippen LogP contribution in [0.3, 0.4) is 0 Å². The van der Waals surface area contributed by atoms with Crippen molar-refractivity contribution in [2.24, 2.45) is 22.7 Å². The van der Waals surface area contributed by atoms with Gasteiger partial charge in [0, 0.05) is 96.1 Å². The number of fused-ring (bicyclic) bond motifs is 4. The normalized spacial score (nSPS) is 29.4. The Morgan fingerprint density at radius 1 is 0.664 bits per heavy atom. The first-order valence-electron chi connectivity index (χ1n) is 48.8. The SMILES string of the molecule is CCCCCCCCCCCCCCCC/C1=C\CCC(SCCOC2OC(CO)C(O)C(O)C2O)C(SCCC(C)(C)OCCC(C)(C)C(=O)O)C(SCCC(=O)N(C)[C@H](C)C(=O)O[C@@]2(O)CC(=O)N(C)c3cc(cc(OC)c3Cl)C/C(C)=C\C=C\CC3C[C@H](OC(=O)N3)[C@@H](C)[C@@H](C)C2)C(SCCOC2OC(CO)C(O)C(O)C2O)C(SCCC(C)(C)OCCC(C)(C)C(=O)O)CC1. The van der Waals surface area contributed by atoms with Crippen LogP contribution in [0.1, 0.15) is 275 Å². The summed E-state index contributed by atoms with van der Waals surface area (Å²) < 4.78 is 55.4. The molecular weight excluding hydrogens is 1840 g/mol. The summed E-state index contributed by atoms with van der Waals surface area (Å²) in [4.78, 5) is 86.1. The zero-order valence-electron chi connectivity index (χ0n) is 82.7. The van der Waals surface area contributed by atoms with Crippen LogP contribution in [0.25, 0.3) is 0 Å². The van der Waals surface area contributed by atoms with Gasteiger partial charge in [0.15, 0.2) is 12.6 Å². The molecule has 0 spiro atoms. The third-order valence-corrected chi connectivity index (χ3v) is 35.0. The van der Waals surface area contributed by atoms with E-state index in [-0.39, 0.29) is 101 Å². The van der Waals surface area contributed by atoms with Crippen molar-refractivity contribution >= 4 is 112 Å². The number of aliphatic hydroxyl groups is 9. The summed E-state index contributed by atoms with van der Waals surface area (Å²) in [7, 11) is 4.45. The Morgan fingerprint density at radius 2 is 1.16 bits per heavy atom. The van der Waals surface area contributed by atoms with Gasteiger partial charge in [-0.2, -0.15) is 58.8 Å². The van der Waals surface area contributed by atoms with Crippen molar-refractivity contribution < 1.29 is 128 Å². The van der Waals surface area contributed by atoms with Crippen LogP contribution in [-0.2, 0) is 68.3 Å². The predicted molar refractivity (Wildman–Crippen MR) is 533 cm³/mol. The van der Waals surface area contributed by atoms with Gasteiger partial charge in [-0.15, -0.1) is 0 Å². The number of hydrogen-bond acceptors (Lipinski definition) is 29. The summed E-state index contributed by atoms with van der Waals surface area (Å²) in [5.41, 5.74) is -0.270. The third-order valence-electron chi connectivity index (χ3n) is 26.9. The molecule has 1 aromatic carbocycles. The summed E-state index contributed by atoms with van der Waals surface area (Å²) in [6, 6.07) is 1.89. The molecule has 3 saturated heterocycles. The molecule has 4 heterocycles. The van der Waals surface area contributed by atoms with Crippen molar-refractivity contribution in [1.29, 1.82) is 0 Å². The number of unbranched alkanes of at least 4 members (excludes halogenated alkanes) is 13. The first-order chi connectivity index (χ1) is 63.3.